The first-order chi connectivity index (χ1) is 16.4. The summed E-state index contributed by atoms with van der Waals surface area (Å²) in [5.74, 6) is 0.512. The highest BCUT2D eigenvalue weighted by atomic mass is 32.2. The van der Waals surface area contributed by atoms with Crippen molar-refractivity contribution in [2.75, 3.05) is 30.4 Å². The van der Waals surface area contributed by atoms with Crippen molar-refractivity contribution in [2.24, 2.45) is 0 Å². The van der Waals surface area contributed by atoms with Gasteiger partial charge in [0.05, 0.1) is 30.5 Å². The third-order valence-electron chi connectivity index (χ3n) is 5.24. The summed E-state index contributed by atoms with van der Waals surface area (Å²) >= 11 is 0. The second-order valence-electron chi connectivity index (χ2n) is 7.31. The molecule has 3 aromatic carbocycles. The van der Waals surface area contributed by atoms with Crippen LogP contribution in [0, 0.1) is 0 Å². The average Bonchev–Trinajstić information content (AvgIpc) is 2.87. The van der Waals surface area contributed by atoms with Crippen LogP contribution in [0.3, 0.4) is 0 Å². The summed E-state index contributed by atoms with van der Waals surface area (Å²) in [5.41, 5.74) is 0.764. The number of sulfonamides is 1. The zero-order valence-corrected chi connectivity index (χ0v) is 19.5. The van der Waals surface area contributed by atoms with Crippen molar-refractivity contribution < 1.29 is 22.7 Å². The number of nitrogens with zero attached hydrogens (tertiary/aromatic N) is 2. The van der Waals surface area contributed by atoms with E-state index in [4.69, 9.17) is 9.47 Å². The van der Waals surface area contributed by atoms with Crippen LogP contribution in [-0.4, -0.2) is 40.1 Å². The van der Waals surface area contributed by atoms with E-state index in [0.717, 1.165) is 4.31 Å². The smallest absolute Gasteiger partial charge is 0.265 e. The van der Waals surface area contributed by atoms with E-state index >= 15 is 0 Å². The molecule has 0 aliphatic carbocycles. The number of aromatic nitrogens is 1. The number of para-hydroxylation sites is 2. The number of hydrogen-bond acceptors (Lipinski definition) is 6. The maximum absolute atomic E-state index is 13.9. The minimum atomic E-state index is -4.13. The van der Waals surface area contributed by atoms with Gasteiger partial charge in [0, 0.05) is 23.2 Å². The van der Waals surface area contributed by atoms with E-state index in [-0.39, 0.29) is 4.90 Å². The number of anilines is 2. The second-order valence-corrected chi connectivity index (χ2v) is 9.14. The minimum absolute atomic E-state index is 0.0771. The topological polar surface area (TPSA) is 97.8 Å². The molecule has 8 nitrogen and oxygen atoms in total. The molecule has 0 radical (unpaired) electrons. The number of amides is 1. The van der Waals surface area contributed by atoms with Crippen LogP contribution >= 0.6 is 0 Å². The summed E-state index contributed by atoms with van der Waals surface area (Å²) in [6, 6.07) is 20.0. The summed E-state index contributed by atoms with van der Waals surface area (Å²) in [6.45, 7) is -0.450. The van der Waals surface area contributed by atoms with Crippen molar-refractivity contribution in [3.05, 3.63) is 85.2 Å². The third-order valence-corrected chi connectivity index (χ3v) is 7.07. The quantitative estimate of drug-likeness (QED) is 0.411. The lowest BCUT2D eigenvalue weighted by atomic mass is 10.2. The Morgan fingerprint density at radius 1 is 0.941 bits per heavy atom. The highest BCUT2D eigenvalue weighted by Crippen LogP contribution is 2.30. The average molecular weight is 478 g/mol. The van der Waals surface area contributed by atoms with E-state index in [9.17, 15) is 13.2 Å². The highest BCUT2D eigenvalue weighted by Gasteiger charge is 2.29. The number of carbonyl (C=O) groups excluding carboxylic acids is 1. The summed E-state index contributed by atoms with van der Waals surface area (Å²) in [7, 11) is -1.11. The maximum atomic E-state index is 13.9. The van der Waals surface area contributed by atoms with Gasteiger partial charge in [-0.15, -0.1) is 0 Å². The molecule has 0 aliphatic heterocycles. The molecule has 0 atom stereocenters. The Morgan fingerprint density at radius 2 is 1.71 bits per heavy atom. The zero-order valence-electron chi connectivity index (χ0n) is 18.6. The van der Waals surface area contributed by atoms with Crippen molar-refractivity contribution in [1.82, 2.24) is 4.98 Å². The molecule has 34 heavy (non-hydrogen) atoms. The SMILES string of the molecule is COc1ccc(N(CC(=O)Nc2ccccc2OC)S(=O)(=O)c2cccc3cnccc23)cc1. The first-order valence-electron chi connectivity index (χ1n) is 10.4. The lowest BCUT2D eigenvalue weighted by molar-refractivity contribution is -0.114. The molecule has 0 fully saturated rings. The van der Waals surface area contributed by atoms with Gasteiger partial charge in [-0.1, -0.05) is 24.3 Å². The molecule has 0 unspecified atom stereocenters. The zero-order chi connectivity index (χ0) is 24.1. The van der Waals surface area contributed by atoms with Gasteiger partial charge in [-0.2, -0.15) is 0 Å². The largest absolute Gasteiger partial charge is 0.497 e. The number of rotatable bonds is 8. The number of fused-ring (bicyclic) bond motifs is 1. The van der Waals surface area contributed by atoms with Crippen LogP contribution < -0.4 is 19.1 Å². The fourth-order valence-corrected chi connectivity index (χ4v) is 5.21. The number of pyridine rings is 1. The summed E-state index contributed by atoms with van der Waals surface area (Å²) < 4.78 is 39.3. The van der Waals surface area contributed by atoms with Gasteiger partial charge >= 0.3 is 0 Å². The Labute approximate surface area is 197 Å². The first kappa shape index (κ1) is 23.1. The normalized spacial score (nSPS) is 11.1. The highest BCUT2D eigenvalue weighted by molar-refractivity contribution is 7.93. The van der Waals surface area contributed by atoms with Crippen molar-refractivity contribution in [2.45, 2.75) is 4.90 Å². The van der Waals surface area contributed by atoms with E-state index in [2.05, 4.69) is 10.3 Å². The molecule has 1 aromatic heterocycles. The Kier molecular flexibility index (Phi) is 6.65. The molecule has 4 aromatic rings. The van der Waals surface area contributed by atoms with E-state index in [1.54, 1.807) is 72.9 Å². The number of nitrogens with one attached hydrogen (secondary N) is 1. The molecule has 9 heteroatoms. The maximum Gasteiger partial charge on any atom is 0.265 e. The van der Waals surface area contributed by atoms with Crippen LogP contribution in [0.5, 0.6) is 11.5 Å². The van der Waals surface area contributed by atoms with Gasteiger partial charge in [-0.25, -0.2) is 8.42 Å². The van der Waals surface area contributed by atoms with Crippen molar-refractivity contribution in [3.8, 4) is 11.5 Å². The first-order valence-corrected chi connectivity index (χ1v) is 11.8. The van der Waals surface area contributed by atoms with Gasteiger partial charge in [0.15, 0.2) is 0 Å². The predicted molar refractivity (Wildman–Crippen MR) is 131 cm³/mol. The summed E-state index contributed by atoms with van der Waals surface area (Å²) in [6.07, 6.45) is 3.13. The van der Waals surface area contributed by atoms with Crippen LogP contribution in [0.2, 0.25) is 0 Å². The van der Waals surface area contributed by atoms with Crippen LogP contribution in [0.15, 0.2) is 90.1 Å². The van der Waals surface area contributed by atoms with Gasteiger partial charge in [-0.05, 0) is 48.5 Å². The monoisotopic (exact) mass is 477 g/mol. The number of carbonyl (C=O) groups is 1. The van der Waals surface area contributed by atoms with Crippen molar-refractivity contribution >= 4 is 38.1 Å². The van der Waals surface area contributed by atoms with E-state index in [1.165, 1.54) is 26.5 Å². The molecule has 0 saturated carbocycles. The van der Waals surface area contributed by atoms with Crippen LogP contribution in [0.1, 0.15) is 0 Å². The number of benzene rings is 3. The third kappa shape index (κ3) is 4.65. The van der Waals surface area contributed by atoms with Crippen LogP contribution in [0.4, 0.5) is 11.4 Å². The fraction of sp³-hybridized carbons (Fsp3) is 0.120. The standard InChI is InChI=1S/C25H23N3O5S/c1-32-20-12-10-19(11-13-20)28(17-25(29)27-22-7-3-4-8-23(22)33-2)34(30,31)24-9-5-6-18-16-26-15-14-21(18)24/h3-16H,17H2,1-2H3,(H,27,29). The molecule has 0 spiro atoms. The number of hydrogen-bond donors (Lipinski definition) is 1. The van der Waals surface area contributed by atoms with Gasteiger partial charge in [-0.3, -0.25) is 14.1 Å². The summed E-state index contributed by atoms with van der Waals surface area (Å²) in [5, 5.41) is 3.93. The summed E-state index contributed by atoms with van der Waals surface area (Å²) in [4.78, 5) is 17.2. The van der Waals surface area contributed by atoms with Gasteiger partial charge in [0.25, 0.3) is 10.0 Å². The number of methoxy groups -OCH3 is 2. The van der Waals surface area contributed by atoms with Crippen LogP contribution in [-0.2, 0) is 14.8 Å². The van der Waals surface area contributed by atoms with Crippen molar-refractivity contribution in [3.63, 3.8) is 0 Å². The Hall–Kier alpha value is -4.11. The van der Waals surface area contributed by atoms with Crippen molar-refractivity contribution in [1.29, 1.82) is 0 Å². The lowest BCUT2D eigenvalue weighted by Crippen LogP contribution is -2.38. The molecule has 1 N–H and O–H groups in total. The molecule has 1 amide bonds. The Morgan fingerprint density at radius 3 is 2.44 bits per heavy atom. The molecule has 0 bridgehead atoms. The molecular weight excluding hydrogens is 454 g/mol. The molecule has 0 saturated heterocycles. The van der Waals surface area contributed by atoms with Crippen LogP contribution in [0.25, 0.3) is 10.8 Å². The number of ether oxygens (including phenoxy) is 2. The molecule has 1 heterocycles. The minimum Gasteiger partial charge on any atom is -0.497 e. The van der Waals surface area contributed by atoms with E-state index < -0.39 is 22.5 Å². The lowest BCUT2D eigenvalue weighted by Gasteiger charge is -2.25. The van der Waals surface area contributed by atoms with Gasteiger partial charge in [0.1, 0.15) is 18.0 Å². The fourth-order valence-electron chi connectivity index (χ4n) is 3.57. The molecule has 174 valence electrons. The Bertz CT molecular complexity index is 1420. The molecule has 0 aliphatic rings. The molecular formula is C25H23N3O5S. The second kappa shape index (κ2) is 9.80. The Balaban J connectivity index is 1.75. The van der Waals surface area contributed by atoms with Gasteiger partial charge < -0.3 is 14.8 Å². The predicted octanol–water partition coefficient (Wildman–Crippen LogP) is 4.09. The van der Waals surface area contributed by atoms with Gasteiger partial charge in [0.2, 0.25) is 5.91 Å². The molecule has 4 rings (SSSR count). The van der Waals surface area contributed by atoms with E-state index in [0.29, 0.717) is 33.6 Å². The van der Waals surface area contributed by atoms with E-state index in [1.807, 2.05) is 0 Å².